The van der Waals surface area contributed by atoms with E-state index in [0.717, 1.165) is 31.8 Å². The van der Waals surface area contributed by atoms with Crippen LogP contribution in [0.15, 0.2) is 66.7 Å². The van der Waals surface area contributed by atoms with Gasteiger partial charge in [0.15, 0.2) is 0 Å². The first-order valence-electron chi connectivity index (χ1n) is 10.1. The predicted octanol–water partition coefficient (Wildman–Crippen LogP) is 7.22. The number of thiophene rings is 1. The second kappa shape index (κ2) is 8.99. The quantitative estimate of drug-likeness (QED) is 0.256. The summed E-state index contributed by atoms with van der Waals surface area (Å²) in [6.45, 7) is 1.000. The number of benzene rings is 3. The smallest absolute Gasteiger partial charge is 0.256 e. The van der Waals surface area contributed by atoms with E-state index in [1.807, 2.05) is 0 Å². The Balaban J connectivity index is 1.93. The second-order valence-electron chi connectivity index (χ2n) is 7.50. The number of hydrogen-bond donors (Lipinski definition) is 0. The number of fused-ring (bicyclic) bond motifs is 1. The highest BCUT2D eigenvalue weighted by atomic mass is 32.2. The SMILES string of the molecule is CCS(=O)(=O)N(Cc1ccc(F)c(C(F)(F)F)c1)c1sc2ccccc2c1-c1ccc(F)cc1. The summed E-state index contributed by atoms with van der Waals surface area (Å²) in [6, 6.07) is 15.1. The number of alkyl halides is 3. The summed E-state index contributed by atoms with van der Waals surface area (Å²) in [6.07, 6.45) is -4.93. The van der Waals surface area contributed by atoms with Crippen molar-refractivity contribution in [2.24, 2.45) is 0 Å². The van der Waals surface area contributed by atoms with E-state index in [0.29, 0.717) is 23.3 Å². The molecule has 34 heavy (non-hydrogen) atoms. The van der Waals surface area contributed by atoms with Crippen molar-refractivity contribution >= 4 is 36.4 Å². The van der Waals surface area contributed by atoms with E-state index in [1.165, 1.54) is 31.2 Å². The Bertz CT molecular complexity index is 1440. The Kier molecular flexibility index (Phi) is 6.39. The van der Waals surface area contributed by atoms with Gasteiger partial charge in [0.1, 0.15) is 16.6 Å². The van der Waals surface area contributed by atoms with E-state index in [4.69, 9.17) is 0 Å². The fraction of sp³-hybridized carbons (Fsp3) is 0.167. The molecule has 3 aromatic carbocycles. The number of rotatable bonds is 6. The van der Waals surface area contributed by atoms with Crippen LogP contribution >= 0.6 is 11.3 Å². The molecule has 0 bridgehead atoms. The molecule has 0 N–H and O–H groups in total. The molecule has 178 valence electrons. The summed E-state index contributed by atoms with van der Waals surface area (Å²) in [7, 11) is -3.96. The van der Waals surface area contributed by atoms with Crippen LogP contribution in [0.1, 0.15) is 18.1 Å². The zero-order chi connectivity index (χ0) is 24.7. The van der Waals surface area contributed by atoms with Crippen molar-refractivity contribution in [3.63, 3.8) is 0 Å². The van der Waals surface area contributed by atoms with Crippen molar-refractivity contribution in [1.29, 1.82) is 0 Å². The molecule has 0 atom stereocenters. The summed E-state index contributed by atoms with van der Waals surface area (Å²) in [5, 5.41) is 1.01. The van der Waals surface area contributed by atoms with Gasteiger partial charge in [-0.25, -0.2) is 17.2 Å². The Labute approximate surface area is 197 Å². The second-order valence-corrected chi connectivity index (χ2v) is 10.7. The summed E-state index contributed by atoms with van der Waals surface area (Å²) in [4.78, 5) is 0. The first-order chi connectivity index (χ1) is 16.0. The molecular formula is C24H18F5NO2S2. The summed E-state index contributed by atoms with van der Waals surface area (Å²) >= 11 is 1.16. The predicted molar refractivity (Wildman–Crippen MR) is 124 cm³/mol. The Morgan fingerprint density at radius 3 is 2.26 bits per heavy atom. The molecule has 0 saturated carbocycles. The lowest BCUT2D eigenvalue weighted by Crippen LogP contribution is -2.31. The van der Waals surface area contributed by atoms with Crippen molar-refractivity contribution in [3.8, 4) is 11.1 Å². The lowest BCUT2D eigenvalue weighted by Gasteiger charge is -2.24. The lowest BCUT2D eigenvalue weighted by molar-refractivity contribution is -0.140. The highest BCUT2D eigenvalue weighted by molar-refractivity contribution is 7.92. The molecule has 4 rings (SSSR count). The molecule has 0 saturated heterocycles. The highest BCUT2D eigenvalue weighted by Gasteiger charge is 2.35. The largest absolute Gasteiger partial charge is 0.419 e. The summed E-state index contributed by atoms with van der Waals surface area (Å²) in [5.74, 6) is -2.21. The summed E-state index contributed by atoms with van der Waals surface area (Å²) < 4.78 is 95.2. The standard InChI is InChI=1S/C24H18F5NO2S2/c1-2-34(31,32)30(14-15-7-12-20(26)19(13-15)24(27,28)29)23-22(16-8-10-17(25)11-9-16)18-5-3-4-6-21(18)33-23/h3-13H,2,14H2,1H3. The Morgan fingerprint density at radius 1 is 0.941 bits per heavy atom. The van der Waals surface area contributed by atoms with Crippen LogP contribution in [0.3, 0.4) is 0 Å². The van der Waals surface area contributed by atoms with Gasteiger partial charge in [0.2, 0.25) is 10.0 Å². The molecule has 0 aliphatic carbocycles. The van der Waals surface area contributed by atoms with Crippen molar-refractivity contribution in [2.45, 2.75) is 19.6 Å². The van der Waals surface area contributed by atoms with Crippen LogP contribution in [-0.2, 0) is 22.7 Å². The van der Waals surface area contributed by atoms with Gasteiger partial charge in [0.05, 0.1) is 17.9 Å². The molecule has 0 amide bonds. The minimum absolute atomic E-state index is 0.0201. The number of anilines is 1. The fourth-order valence-electron chi connectivity index (χ4n) is 3.61. The van der Waals surface area contributed by atoms with E-state index >= 15 is 0 Å². The number of hydrogen-bond acceptors (Lipinski definition) is 3. The van der Waals surface area contributed by atoms with Crippen LogP contribution < -0.4 is 4.31 Å². The van der Waals surface area contributed by atoms with Crippen LogP contribution in [0, 0.1) is 11.6 Å². The van der Waals surface area contributed by atoms with Gasteiger partial charge in [-0.05, 0) is 48.4 Å². The monoisotopic (exact) mass is 511 g/mol. The first kappa shape index (κ1) is 24.2. The van der Waals surface area contributed by atoms with Crippen LogP contribution in [-0.4, -0.2) is 14.2 Å². The molecule has 0 radical (unpaired) electrons. The maximum Gasteiger partial charge on any atom is 0.419 e. The van der Waals surface area contributed by atoms with E-state index in [2.05, 4.69) is 0 Å². The van der Waals surface area contributed by atoms with E-state index in [9.17, 15) is 30.4 Å². The minimum Gasteiger partial charge on any atom is -0.256 e. The highest BCUT2D eigenvalue weighted by Crippen LogP contribution is 2.46. The third-order valence-corrected chi connectivity index (χ3v) is 8.32. The molecule has 0 fully saturated rings. The maximum absolute atomic E-state index is 13.8. The topological polar surface area (TPSA) is 37.4 Å². The molecule has 10 heteroatoms. The molecule has 1 aromatic heterocycles. The number of halogens is 5. The lowest BCUT2D eigenvalue weighted by atomic mass is 10.0. The van der Waals surface area contributed by atoms with E-state index < -0.39 is 39.9 Å². The maximum atomic E-state index is 13.8. The molecule has 3 nitrogen and oxygen atoms in total. The van der Waals surface area contributed by atoms with Gasteiger partial charge in [0.25, 0.3) is 0 Å². The van der Waals surface area contributed by atoms with Gasteiger partial charge < -0.3 is 0 Å². The third-order valence-electron chi connectivity index (χ3n) is 5.30. The van der Waals surface area contributed by atoms with Gasteiger partial charge in [-0.3, -0.25) is 4.31 Å². The van der Waals surface area contributed by atoms with Crippen molar-refractivity contribution in [2.75, 3.05) is 10.1 Å². The molecule has 0 unspecified atom stereocenters. The number of sulfonamides is 1. The zero-order valence-corrected chi connectivity index (χ0v) is 19.4. The molecule has 0 aliphatic rings. The van der Waals surface area contributed by atoms with Crippen molar-refractivity contribution in [1.82, 2.24) is 0 Å². The first-order valence-corrected chi connectivity index (χ1v) is 12.6. The average Bonchev–Trinajstić information content (AvgIpc) is 3.17. The molecule has 4 aromatic rings. The molecule has 1 heterocycles. The third kappa shape index (κ3) is 4.65. The van der Waals surface area contributed by atoms with Crippen LogP contribution in [0.2, 0.25) is 0 Å². The van der Waals surface area contributed by atoms with Crippen LogP contribution in [0.4, 0.5) is 27.0 Å². The van der Waals surface area contributed by atoms with Gasteiger partial charge in [0, 0.05) is 15.6 Å². The van der Waals surface area contributed by atoms with Crippen LogP contribution in [0.25, 0.3) is 21.2 Å². The Morgan fingerprint density at radius 2 is 1.62 bits per heavy atom. The average molecular weight is 512 g/mol. The van der Waals surface area contributed by atoms with Crippen molar-refractivity contribution < 1.29 is 30.4 Å². The molecular weight excluding hydrogens is 493 g/mol. The van der Waals surface area contributed by atoms with E-state index in [1.54, 1.807) is 24.3 Å². The zero-order valence-electron chi connectivity index (χ0n) is 17.7. The fourth-order valence-corrected chi connectivity index (χ4v) is 6.19. The van der Waals surface area contributed by atoms with Gasteiger partial charge in [-0.2, -0.15) is 13.2 Å². The van der Waals surface area contributed by atoms with Gasteiger partial charge in [-0.1, -0.05) is 36.4 Å². The van der Waals surface area contributed by atoms with E-state index in [-0.39, 0.29) is 16.3 Å². The van der Waals surface area contributed by atoms with Gasteiger partial charge in [-0.15, -0.1) is 11.3 Å². The molecule has 0 aliphatic heterocycles. The van der Waals surface area contributed by atoms with Crippen molar-refractivity contribution in [3.05, 3.63) is 89.5 Å². The molecule has 0 spiro atoms. The Hall–Kier alpha value is -2.98. The number of nitrogens with zero attached hydrogens (tertiary/aromatic N) is 1. The van der Waals surface area contributed by atoms with Gasteiger partial charge >= 0.3 is 6.18 Å². The summed E-state index contributed by atoms with van der Waals surface area (Å²) in [5.41, 5.74) is -0.404. The van der Waals surface area contributed by atoms with Crippen LogP contribution in [0.5, 0.6) is 0 Å². The normalized spacial score (nSPS) is 12.3. The minimum atomic E-state index is -4.93.